The molecule has 0 amide bonds. The van der Waals surface area contributed by atoms with Crippen LogP contribution < -0.4 is 5.32 Å². The monoisotopic (exact) mass is 281 g/mol. The lowest BCUT2D eigenvalue weighted by Gasteiger charge is -2.24. The second kappa shape index (κ2) is 4.85. The second-order valence-electron chi connectivity index (χ2n) is 5.01. The summed E-state index contributed by atoms with van der Waals surface area (Å²) >= 11 is 0. The minimum atomic E-state index is -1.44. The number of halogens is 3. The Hall–Kier alpha value is -1.98. The Morgan fingerprint density at radius 1 is 1.25 bits per heavy atom. The quantitative estimate of drug-likeness (QED) is 0.856. The van der Waals surface area contributed by atoms with Gasteiger partial charge in [-0.1, -0.05) is 0 Å². The fourth-order valence-electron chi connectivity index (χ4n) is 2.70. The molecule has 1 atom stereocenters. The van der Waals surface area contributed by atoms with E-state index >= 15 is 0 Å². The Morgan fingerprint density at radius 2 is 1.95 bits per heavy atom. The summed E-state index contributed by atoms with van der Waals surface area (Å²) in [6.07, 6.45) is 4.52. The number of fused-ring (bicyclic) bond motifs is 1. The first-order valence-electron chi connectivity index (χ1n) is 6.48. The highest BCUT2D eigenvalue weighted by molar-refractivity contribution is 5.47. The van der Waals surface area contributed by atoms with Crippen molar-refractivity contribution in [1.82, 2.24) is 9.78 Å². The topological polar surface area (TPSA) is 29.9 Å². The van der Waals surface area contributed by atoms with Crippen molar-refractivity contribution in [2.24, 2.45) is 7.05 Å². The average molecular weight is 281 g/mol. The molecule has 1 aromatic heterocycles. The Morgan fingerprint density at radius 3 is 2.65 bits per heavy atom. The Kier molecular flexibility index (Phi) is 3.16. The van der Waals surface area contributed by atoms with E-state index in [1.54, 1.807) is 6.20 Å². The van der Waals surface area contributed by atoms with Crippen LogP contribution in [0.2, 0.25) is 0 Å². The van der Waals surface area contributed by atoms with Gasteiger partial charge in [-0.3, -0.25) is 4.68 Å². The predicted molar refractivity (Wildman–Crippen MR) is 68.8 cm³/mol. The fourth-order valence-corrected chi connectivity index (χ4v) is 2.70. The Labute approximate surface area is 114 Å². The number of aryl methyl sites for hydroxylation is 1. The van der Waals surface area contributed by atoms with Crippen molar-refractivity contribution in [3.63, 3.8) is 0 Å². The van der Waals surface area contributed by atoms with Crippen LogP contribution >= 0.6 is 0 Å². The number of hydrogen-bond acceptors (Lipinski definition) is 2. The predicted octanol–water partition coefficient (Wildman–Crippen LogP) is 3.33. The molecule has 1 aliphatic carbocycles. The van der Waals surface area contributed by atoms with Crippen molar-refractivity contribution in [3.8, 4) is 0 Å². The number of hydrogen-bond donors (Lipinski definition) is 1. The van der Waals surface area contributed by atoms with Crippen molar-refractivity contribution >= 4 is 5.69 Å². The molecule has 0 saturated heterocycles. The number of aromatic nitrogens is 2. The summed E-state index contributed by atoms with van der Waals surface area (Å²) in [7, 11) is 1.87. The lowest BCUT2D eigenvalue weighted by atomic mass is 9.93. The summed E-state index contributed by atoms with van der Waals surface area (Å²) in [5.74, 6) is -3.81. The number of rotatable bonds is 2. The van der Waals surface area contributed by atoms with Gasteiger partial charge >= 0.3 is 0 Å². The van der Waals surface area contributed by atoms with Gasteiger partial charge < -0.3 is 5.32 Å². The zero-order valence-electron chi connectivity index (χ0n) is 11.0. The van der Waals surface area contributed by atoms with Crippen LogP contribution in [0.1, 0.15) is 30.1 Å². The molecule has 0 fully saturated rings. The molecule has 0 bridgehead atoms. The largest absolute Gasteiger partial charge is 0.378 e. The van der Waals surface area contributed by atoms with E-state index < -0.39 is 17.5 Å². The van der Waals surface area contributed by atoms with Crippen LogP contribution in [0.5, 0.6) is 0 Å². The highest BCUT2D eigenvalue weighted by Crippen LogP contribution is 2.32. The molecule has 1 heterocycles. The van der Waals surface area contributed by atoms with E-state index in [1.807, 2.05) is 11.7 Å². The third-order valence-electron chi connectivity index (χ3n) is 3.70. The van der Waals surface area contributed by atoms with Crippen molar-refractivity contribution in [1.29, 1.82) is 0 Å². The van der Waals surface area contributed by atoms with E-state index in [0.717, 1.165) is 42.7 Å². The normalized spacial score (nSPS) is 17.9. The molecule has 0 radical (unpaired) electrons. The Bertz CT molecular complexity index is 628. The number of anilines is 1. The number of nitrogens with one attached hydrogen (secondary N) is 1. The summed E-state index contributed by atoms with van der Waals surface area (Å²) in [5, 5.41) is 7.27. The van der Waals surface area contributed by atoms with Gasteiger partial charge in [0, 0.05) is 36.1 Å². The third-order valence-corrected chi connectivity index (χ3v) is 3.70. The van der Waals surface area contributed by atoms with Gasteiger partial charge in [0.2, 0.25) is 0 Å². The summed E-state index contributed by atoms with van der Waals surface area (Å²) < 4.78 is 41.2. The van der Waals surface area contributed by atoms with Gasteiger partial charge in [-0.05, 0) is 19.3 Å². The average Bonchev–Trinajstić information content (AvgIpc) is 2.79. The number of nitrogens with zero attached hydrogens (tertiary/aromatic N) is 2. The molecular formula is C14H14F3N3. The summed E-state index contributed by atoms with van der Waals surface area (Å²) in [6, 6.07) is 1.89. The first-order chi connectivity index (χ1) is 9.56. The summed E-state index contributed by atoms with van der Waals surface area (Å²) in [5.41, 5.74) is 2.39. The van der Waals surface area contributed by atoms with Crippen LogP contribution in [-0.4, -0.2) is 9.78 Å². The van der Waals surface area contributed by atoms with E-state index in [1.165, 1.54) is 0 Å². The van der Waals surface area contributed by atoms with Crippen molar-refractivity contribution in [3.05, 3.63) is 47.0 Å². The van der Waals surface area contributed by atoms with Crippen molar-refractivity contribution < 1.29 is 13.2 Å². The molecule has 6 heteroatoms. The molecule has 106 valence electrons. The van der Waals surface area contributed by atoms with Gasteiger partial charge in [0.05, 0.1) is 12.2 Å². The van der Waals surface area contributed by atoms with E-state index in [-0.39, 0.29) is 11.7 Å². The molecule has 1 aliphatic rings. The third kappa shape index (κ3) is 2.15. The van der Waals surface area contributed by atoms with Crippen LogP contribution in [0.25, 0.3) is 0 Å². The zero-order chi connectivity index (χ0) is 14.3. The van der Waals surface area contributed by atoms with Gasteiger partial charge in [-0.15, -0.1) is 0 Å². The summed E-state index contributed by atoms with van der Waals surface area (Å²) in [4.78, 5) is 0. The second-order valence-corrected chi connectivity index (χ2v) is 5.01. The van der Waals surface area contributed by atoms with Crippen molar-refractivity contribution in [2.45, 2.75) is 25.3 Å². The van der Waals surface area contributed by atoms with Crippen molar-refractivity contribution in [2.75, 3.05) is 5.32 Å². The molecule has 1 aromatic carbocycles. The maximum atomic E-state index is 13.2. The molecule has 1 N–H and O–H groups in total. The first-order valence-corrected chi connectivity index (χ1v) is 6.48. The van der Waals surface area contributed by atoms with Crippen LogP contribution in [-0.2, 0) is 13.5 Å². The van der Waals surface area contributed by atoms with Gasteiger partial charge in [-0.2, -0.15) is 5.10 Å². The molecule has 0 aliphatic heterocycles. The van der Waals surface area contributed by atoms with E-state index in [0.29, 0.717) is 0 Å². The highest BCUT2D eigenvalue weighted by atomic mass is 19.2. The van der Waals surface area contributed by atoms with E-state index in [2.05, 4.69) is 10.4 Å². The molecule has 0 saturated carbocycles. The van der Waals surface area contributed by atoms with Gasteiger partial charge in [0.1, 0.15) is 0 Å². The smallest absolute Gasteiger partial charge is 0.194 e. The molecule has 3 nitrogen and oxygen atoms in total. The highest BCUT2D eigenvalue weighted by Gasteiger charge is 2.24. The molecule has 2 aromatic rings. The minimum absolute atomic E-state index is 0.0586. The van der Waals surface area contributed by atoms with Gasteiger partial charge in [0.15, 0.2) is 17.5 Å². The zero-order valence-corrected chi connectivity index (χ0v) is 11.0. The lowest BCUT2D eigenvalue weighted by Crippen LogP contribution is -2.18. The van der Waals surface area contributed by atoms with Crippen LogP contribution in [0.15, 0.2) is 18.3 Å². The van der Waals surface area contributed by atoms with E-state index in [4.69, 9.17) is 0 Å². The molecular weight excluding hydrogens is 267 g/mol. The Balaban J connectivity index is 1.89. The maximum Gasteiger partial charge on any atom is 0.194 e. The lowest BCUT2D eigenvalue weighted by molar-refractivity contribution is 0.447. The molecule has 20 heavy (non-hydrogen) atoms. The van der Waals surface area contributed by atoms with Gasteiger partial charge in [-0.25, -0.2) is 13.2 Å². The molecule has 0 spiro atoms. The van der Waals surface area contributed by atoms with Crippen LogP contribution in [0, 0.1) is 17.5 Å². The fraction of sp³-hybridized carbons (Fsp3) is 0.357. The van der Waals surface area contributed by atoms with Crippen LogP contribution in [0.3, 0.4) is 0 Å². The molecule has 1 unspecified atom stereocenters. The standard InChI is InChI=1S/C14H14F3N3/c1-20-13-4-2-3-12(9(13)7-18-20)19-8-5-10(15)14(17)11(16)6-8/h5-7,12,19H,2-4H2,1H3. The SMILES string of the molecule is Cn1ncc2c1CCCC2Nc1cc(F)c(F)c(F)c1. The first kappa shape index (κ1) is 13.0. The van der Waals surface area contributed by atoms with Gasteiger partial charge in [0.25, 0.3) is 0 Å². The van der Waals surface area contributed by atoms with E-state index in [9.17, 15) is 13.2 Å². The number of benzene rings is 1. The minimum Gasteiger partial charge on any atom is -0.378 e. The van der Waals surface area contributed by atoms with Crippen LogP contribution in [0.4, 0.5) is 18.9 Å². The summed E-state index contributed by atoms with van der Waals surface area (Å²) in [6.45, 7) is 0. The maximum absolute atomic E-state index is 13.2. The molecule has 3 rings (SSSR count).